The van der Waals surface area contributed by atoms with Crippen molar-refractivity contribution < 1.29 is 14.3 Å². The van der Waals surface area contributed by atoms with E-state index < -0.39 is 0 Å². The summed E-state index contributed by atoms with van der Waals surface area (Å²) in [6, 6.07) is 18.3. The third kappa shape index (κ3) is 6.27. The molecule has 1 amide bonds. The van der Waals surface area contributed by atoms with E-state index in [1.807, 2.05) is 43.3 Å². The lowest BCUT2D eigenvalue weighted by atomic mass is 10.0. The van der Waals surface area contributed by atoms with Crippen LogP contribution in [-0.4, -0.2) is 36.8 Å². The van der Waals surface area contributed by atoms with Crippen molar-refractivity contribution in [2.24, 2.45) is 4.99 Å². The number of benzene rings is 2. The standard InChI is InChI=1S/C26H32N2O3/c1-4-23-18-27-26(31-23)24(29)17-25(30)28(15-9-12-20-10-6-5-7-11-20)22-14-8-13-21(16-22)19(2)3/h5-8,10-11,13-14,16,19,23H,4,9,12,15,17-18H2,1-3H3. The average molecular weight is 421 g/mol. The molecule has 1 aliphatic heterocycles. The predicted octanol–water partition coefficient (Wildman–Crippen LogP) is 4.94. The predicted molar refractivity (Wildman–Crippen MR) is 125 cm³/mol. The molecule has 31 heavy (non-hydrogen) atoms. The first-order valence-electron chi connectivity index (χ1n) is 11.2. The van der Waals surface area contributed by atoms with Crippen LogP contribution in [0.3, 0.4) is 0 Å². The van der Waals surface area contributed by atoms with Gasteiger partial charge in [-0.15, -0.1) is 0 Å². The summed E-state index contributed by atoms with van der Waals surface area (Å²) in [5.41, 5.74) is 3.23. The molecular formula is C26H32N2O3. The molecule has 0 bridgehead atoms. The number of hydrogen-bond acceptors (Lipinski definition) is 4. The summed E-state index contributed by atoms with van der Waals surface area (Å²) in [6.45, 7) is 7.29. The monoisotopic (exact) mass is 420 g/mol. The zero-order valence-corrected chi connectivity index (χ0v) is 18.7. The molecule has 0 N–H and O–H groups in total. The molecule has 5 nitrogen and oxygen atoms in total. The van der Waals surface area contributed by atoms with Crippen LogP contribution in [0.2, 0.25) is 0 Å². The van der Waals surface area contributed by atoms with Gasteiger partial charge in [0.2, 0.25) is 11.7 Å². The maximum absolute atomic E-state index is 13.2. The molecule has 0 spiro atoms. The van der Waals surface area contributed by atoms with Gasteiger partial charge in [-0.2, -0.15) is 0 Å². The summed E-state index contributed by atoms with van der Waals surface area (Å²) < 4.78 is 5.58. The van der Waals surface area contributed by atoms with Gasteiger partial charge in [-0.25, -0.2) is 4.99 Å². The molecule has 0 saturated carbocycles. The fourth-order valence-electron chi connectivity index (χ4n) is 3.63. The van der Waals surface area contributed by atoms with E-state index in [4.69, 9.17) is 4.74 Å². The van der Waals surface area contributed by atoms with Gasteiger partial charge in [0.1, 0.15) is 6.10 Å². The van der Waals surface area contributed by atoms with E-state index in [1.54, 1.807) is 4.90 Å². The maximum atomic E-state index is 13.2. The van der Waals surface area contributed by atoms with Crippen LogP contribution in [0.15, 0.2) is 59.6 Å². The number of ketones is 1. The fraction of sp³-hybridized carbons (Fsp3) is 0.423. The SMILES string of the molecule is CCC1CN=C(C(=O)CC(=O)N(CCCc2ccccc2)c2cccc(C(C)C)c2)O1. The average Bonchev–Trinajstić information content (AvgIpc) is 3.27. The van der Waals surface area contributed by atoms with Crippen molar-refractivity contribution in [1.82, 2.24) is 0 Å². The third-order valence-corrected chi connectivity index (χ3v) is 5.56. The van der Waals surface area contributed by atoms with Crippen molar-refractivity contribution in [2.75, 3.05) is 18.0 Å². The fourth-order valence-corrected chi connectivity index (χ4v) is 3.63. The van der Waals surface area contributed by atoms with E-state index in [2.05, 4.69) is 37.0 Å². The second-order valence-electron chi connectivity index (χ2n) is 8.28. The van der Waals surface area contributed by atoms with E-state index in [1.165, 1.54) is 11.1 Å². The largest absolute Gasteiger partial charge is 0.470 e. The zero-order chi connectivity index (χ0) is 22.2. The van der Waals surface area contributed by atoms with E-state index >= 15 is 0 Å². The number of aliphatic imine (C=N–C) groups is 1. The van der Waals surface area contributed by atoms with Crippen LogP contribution in [0.5, 0.6) is 0 Å². The van der Waals surface area contributed by atoms with Gasteiger partial charge in [0.05, 0.1) is 13.0 Å². The molecule has 164 valence electrons. The van der Waals surface area contributed by atoms with Crippen LogP contribution < -0.4 is 4.90 Å². The van der Waals surface area contributed by atoms with E-state index in [-0.39, 0.29) is 30.1 Å². The van der Waals surface area contributed by atoms with Crippen LogP contribution in [0, 0.1) is 0 Å². The smallest absolute Gasteiger partial charge is 0.254 e. The Bertz CT molecular complexity index is 921. The number of amides is 1. The molecule has 1 heterocycles. The summed E-state index contributed by atoms with van der Waals surface area (Å²) in [5, 5.41) is 0. The van der Waals surface area contributed by atoms with Crippen LogP contribution >= 0.6 is 0 Å². The highest BCUT2D eigenvalue weighted by Crippen LogP contribution is 2.23. The van der Waals surface area contributed by atoms with E-state index in [0.29, 0.717) is 19.0 Å². The minimum atomic E-state index is -0.339. The van der Waals surface area contributed by atoms with Gasteiger partial charge in [-0.05, 0) is 48.4 Å². The summed E-state index contributed by atoms with van der Waals surface area (Å²) in [6.07, 6.45) is 2.19. The van der Waals surface area contributed by atoms with Gasteiger partial charge < -0.3 is 9.64 Å². The van der Waals surface area contributed by atoms with Gasteiger partial charge in [0.15, 0.2) is 0 Å². The molecule has 1 unspecified atom stereocenters. The van der Waals surface area contributed by atoms with Crippen molar-refractivity contribution >= 4 is 23.3 Å². The van der Waals surface area contributed by atoms with Gasteiger partial charge in [-0.3, -0.25) is 9.59 Å². The summed E-state index contributed by atoms with van der Waals surface area (Å²) in [7, 11) is 0. The second-order valence-corrected chi connectivity index (χ2v) is 8.28. The Kier molecular flexibility index (Phi) is 7.99. The van der Waals surface area contributed by atoms with Crippen LogP contribution in [0.25, 0.3) is 0 Å². The summed E-state index contributed by atoms with van der Waals surface area (Å²) >= 11 is 0. The Morgan fingerprint density at radius 2 is 1.90 bits per heavy atom. The Hall–Kier alpha value is -2.95. The zero-order valence-electron chi connectivity index (χ0n) is 18.7. The third-order valence-electron chi connectivity index (χ3n) is 5.56. The molecule has 1 aliphatic rings. The molecule has 0 aliphatic carbocycles. The lowest BCUT2D eigenvalue weighted by molar-refractivity contribution is -0.124. The van der Waals surface area contributed by atoms with Gasteiger partial charge in [0.25, 0.3) is 5.90 Å². The summed E-state index contributed by atoms with van der Waals surface area (Å²) in [4.78, 5) is 31.7. The minimum Gasteiger partial charge on any atom is -0.470 e. The molecular weight excluding hydrogens is 388 g/mol. The Labute approximate surface area is 185 Å². The van der Waals surface area contributed by atoms with Crippen molar-refractivity contribution in [2.45, 2.75) is 58.5 Å². The normalized spacial score (nSPS) is 15.5. The Morgan fingerprint density at radius 3 is 2.58 bits per heavy atom. The number of ether oxygens (including phenoxy) is 1. The first-order chi connectivity index (χ1) is 15.0. The molecule has 5 heteroatoms. The summed E-state index contributed by atoms with van der Waals surface area (Å²) in [5.74, 6) is -0.102. The van der Waals surface area contributed by atoms with Crippen molar-refractivity contribution in [3.05, 3.63) is 65.7 Å². The number of hydrogen-bond donors (Lipinski definition) is 0. The number of nitrogens with zero attached hydrogens (tertiary/aromatic N) is 2. The van der Waals surface area contributed by atoms with Crippen molar-refractivity contribution in [1.29, 1.82) is 0 Å². The number of rotatable bonds is 10. The number of aryl methyl sites for hydroxylation is 1. The topological polar surface area (TPSA) is 59.0 Å². The molecule has 0 radical (unpaired) electrons. The van der Waals surface area contributed by atoms with Crippen LogP contribution in [0.4, 0.5) is 5.69 Å². The molecule has 2 aromatic rings. The minimum absolute atomic E-state index is 0.0567. The van der Waals surface area contributed by atoms with Gasteiger partial charge in [0, 0.05) is 12.2 Å². The Morgan fingerprint density at radius 1 is 1.13 bits per heavy atom. The molecule has 2 aromatic carbocycles. The lowest BCUT2D eigenvalue weighted by Crippen LogP contribution is -2.35. The molecule has 3 rings (SSSR count). The van der Waals surface area contributed by atoms with Gasteiger partial charge in [-0.1, -0.05) is 63.2 Å². The number of carbonyl (C=O) groups excluding carboxylic acids is 2. The number of Topliss-reactive ketones (excluding diaryl/α,β-unsaturated/α-hetero) is 1. The first kappa shape index (κ1) is 22.7. The quantitative estimate of drug-likeness (QED) is 0.512. The van der Waals surface area contributed by atoms with Crippen LogP contribution in [-0.2, 0) is 20.7 Å². The van der Waals surface area contributed by atoms with Gasteiger partial charge >= 0.3 is 0 Å². The highest BCUT2D eigenvalue weighted by Gasteiger charge is 2.27. The van der Waals surface area contributed by atoms with Crippen LogP contribution in [0.1, 0.15) is 57.1 Å². The number of anilines is 1. The molecule has 0 aromatic heterocycles. The molecule has 0 saturated heterocycles. The lowest BCUT2D eigenvalue weighted by Gasteiger charge is -2.24. The second kappa shape index (κ2) is 10.9. The highest BCUT2D eigenvalue weighted by molar-refractivity contribution is 6.40. The Balaban J connectivity index is 1.72. The van der Waals surface area contributed by atoms with Crippen molar-refractivity contribution in [3.8, 4) is 0 Å². The van der Waals surface area contributed by atoms with E-state index in [0.717, 1.165) is 24.9 Å². The molecule has 1 atom stereocenters. The highest BCUT2D eigenvalue weighted by atomic mass is 16.5. The number of carbonyl (C=O) groups is 2. The van der Waals surface area contributed by atoms with E-state index in [9.17, 15) is 9.59 Å². The van der Waals surface area contributed by atoms with Crippen molar-refractivity contribution in [3.63, 3.8) is 0 Å². The first-order valence-corrected chi connectivity index (χ1v) is 11.2. The maximum Gasteiger partial charge on any atom is 0.254 e. The molecule has 0 fully saturated rings.